The second-order valence-electron chi connectivity index (χ2n) is 5.44. The van der Waals surface area contributed by atoms with Gasteiger partial charge in [0.25, 0.3) is 0 Å². The Morgan fingerprint density at radius 2 is 2.09 bits per heavy atom. The fourth-order valence-electron chi connectivity index (χ4n) is 2.56. The highest BCUT2D eigenvalue weighted by molar-refractivity contribution is 7.91. The van der Waals surface area contributed by atoms with Crippen LogP contribution in [0, 0.1) is 0 Å². The number of nitrogens with one attached hydrogen (secondary N) is 2. The highest BCUT2D eigenvalue weighted by Gasteiger charge is 2.28. The number of rotatable bonds is 4. The van der Waals surface area contributed by atoms with Crippen molar-refractivity contribution in [3.8, 4) is 11.5 Å². The fraction of sp³-hybridized carbons (Fsp3) is 0.500. The molecule has 2 N–H and O–H groups in total. The average molecular weight is 326 g/mol. The van der Waals surface area contributed by atoms with Gasteiger partial charge in [-0.05, 0) is 30.5 Å². The van der Waals surface area contributed by atoms with Gasteiger partial charge >= 0.3 is 6.03 Å². The molecule has 1 saturated heterocycles. The van der Waals surface area contributed by atoms with Gasteiger partial charge in [-0.25, -0.2) is 13.2 Å². The van der Waals surface area contributed by atoms with Crippen molar-refractivity contribution < 1.29 is 22.7 Å². The Hall–Kier alpha value is -1.96. The molecule has 0 aliphatic carbocycles. The molecule has 1 aromatic carbocycles. The van der Waals surface area contributed by atoms with E-state index in [1.54, 1.807) is 0 Å². The zero-order valence-corrected chi connectivity index (χ0v) is 12.8. The lowest BCUT2D eigenvalue weighted by Gasteiger charge is -2.12. The molecule has 2 amide bonds. The van der Waals surface area contributed by atoms with Crippen LogP contribution in [0.2, 0.25) is 0 Å². The topological polar surface area (TPSA) is 93.7 Å². The third kappa shape index (κ3) is 3.62. The fourth-order valence-corrected chi connectivity index (χ4v) is 4.24. The predicted octanol–water partition coefficient (Wildman–Crippen LogP) is 0.444. The lowest BCUT2D eigenvalue weighted by molar-refractivity contribution is 0.174. The van der Waals surface area contributed by atoms with Crippen molar-refractivity contribution in [3.63, 3.8) is 0 Å². The molecule has 2 heterocycles. The number of urea groups is 1. The van der Waals surface area contributed by atoms with Crippen LogP contribution < -0.4 is 20.1 Å². The third-order valence-corrected chi connectivity index (χ3v) is 5.47. The maximum atomic E-state index is 11.7. The average Bonchev–Trinajstić information content (AvgIpc) is 3.04. The van der Waals surface area contributed by atoms with Crippen molar-refractivity contribution in [2.45, 2.75) is 18.9 Å². The first kappa shape index (κ1) is 15.0. The Kier molecular flexibility index (Phi) is 4.10. The maximum absolute atomic E-state index is 11.7. The predicted molar refractivity (Wildman–Crippen MR) is 79.9 cm³/mol. The summed E-state index contributed by atoms with van der Waals surface area (Å²) in [6.07, 6.45) is 1.14. The van der Waals surface area contributed by atoms with Crippen LogP contribution in [-0.2, 0) is 16.3 Å². The summed E-state index contributed by atoms with van der Waals surface area (Å²) in [5.41, 5.74) is 1.04. The molecule has 0 spiro atoms. The van der Waals surface area contributed by atoms with E-state index in [4.69, 9.17) is 9.47 Å². The second kappa shape index (κ2) is 6.04. The van der Waals surface area contributed by atoms with Gasteiger partial charge in [-0.2, -0.15) is 0 Å². The molecule has 7 nitrogen and oxygen atoms in total. The third-order valence-electron chi connectivity index (χ3n) is 3.70. The van der Waals surface area contributed by atoms with E-state index in [1.165, 1.54) is 0 Å². The van der Waals surface area contributed by atoms with E-state index >= 15 is 0 Å². The van der Waals surface area contributed by atoms with Crippen LogP contribution in [0.4, 0.5) is 4.79 Å². The zero-order chi connectivity index (χ0) is 15.6. The molecular weight excluding hydrogens is 308 g/mol. The van der Waals surface area contributed by atoms with Gasteiger partial charge in [0.05, 0.1) is 11.5 Å². The Balaban J connectivity index is 1.42. The molecule has 1 aromatic rings. The SMILES string of the molecule is O=C(NCCc1ccc2c(c1)OCO2)N[C@@H]1CCS(=O)(=O)C1. The van der Waals surface area contributed by atoms with E-state index in [0.29, 0.717) is 19.4 Å². The number of amides is 2. The zero-order valence-electron chi connectivity index (χ0n) is 12.0. The largest absolute Gasteiger partial charge is 0.454 e. The molecule has 0 bridgehead atoms. The molecule has 0 unspecified atom stereocenters. The maximum Gasteiger partial charge on any atom is 0.315 e. The number of carbonyl (C=O) groups excluding carboxylic acids is 1. The highest BCUT2D eigenvalue weighted by atomic mass is 32.2. The first-order valence-electron chi connectivity index (χ1n) is 7.15. The molecule has 1 atom stereocenters. The van der Waals surface area contributed by atoms with E-state index in [-0.39, 0.29) is 30.4 Å². The van der Waals surface area contributed by atoms with Crippen molar-refractivity contribution in [1.82, 2.24) is 10.6 Å². The lowest BCUT2D eigenvalue weighted by atomic mass is 10.1. The summed E-state index contributed by atoms with van der Waals surface area (Å²) in [4.78, 5) is 11.7. The van der Waals surface area contributed by atoms with Crippen molar-refractivity contribution in [2.24, 2.45) is 0 Å². The molecule has 3 rings (SSSR count). The molecule has 0 aromatic heterocycles. The van der Waals surface area contributed by atoms with Crippen LogP contribution >= 0.6 is 0 Å². The molecule has 2 aliphatic heterocycles. The molecule has 1 fully saturated rings. The van der Waals surface area contributed by atoms with E-state index in [0.717, 1.165) is 17.1 Å². The minimum absolute atomic E-state index is 0.0303. The van der Waals surface area contributed by atoms with Crippen molar-refractivity contribution in [1.29, 1.82) is 0 Å². The van der Waals surface area contributed by atoms with Gasteiger partial charge in [0, 0.05) is 12.6 Å². The second-order valence-corrected chi connectivity index (χ2v) is 7.67. The summed E-state index contributed by atoms with van der Waals surface area (Å²) in [5, 5.41) is 5.42. The normalized spacial score (nSPS) is 21.5. The van der Waals surface area contributed by atoms with Crippen LogP contribution in [0.15, 0.2) is 18.2 Å². The van der Waals surface area contributed by atoms with Gasteiger partial charge in [-0.15, -0.1) is 0 Å². The highest BCUT2D eigenvalue weighted by Crippen LogP contribution is 2.32. The monoisotopic (exact) mass is 326 g/mol. The van der Waals surface area contributed by atoms with Gasteiger partial charge in [0.1, 0.15) is 0 Å². The summed E-state index contributed by atoms with van der Waals surface area (Å²) < 4.78 is 33.2. The number of ether oxygens (including phenoxy) is 2. The summed E-state index contributed by atoms with van der Waals surface area (Å²) >= 11 is 0. The van der Waals surface area contributed by atoms with Gasteiger partial charge in [0.15, 0.2) is 21.3 Å². The smallest absolute Gasteiger partial charge is 0.315 e. The Morgan fingerprint density at radius 1 is 1.27 bits per heavy atom. The number of fused-ring (bicyclic) bond motifs is 1. The van der Waals surface area contributed by atoms with Gasteiger partial charge < -0.3 is 20.1 Å². The number of hydrogen-bond acceptors (Lipinski definition) is 5. The van der Waals surface area contributed by atoms with Crippen LogP contribution in [0.25, 0.3) is 0 Å². The summed E-state index contributed by atoms with van der Waals surface area (Å²) in [7, 11) is -2.98. The number of carbonyl (C=O) groups is 1. The summed E-state index contributed by atoms with van der Waals surface area (Å²) in [6, 6.07) is 5.06. The number of sulfone groups is 1. The molecule has 8 heteroatoms. The van der Waals surface area contributed by atoms with Crippen molar-refractivity contribution >= 4 is 15.9 Å². The van der Waals surface area contributed by atoms with E-state index in [1.807, 2.05) is 18.2 Å². The molecule has 120 valence electrons. The Labute approximate surface area is 128 Å². The molecule has 0 saturated carbocycles. The van der Waals surface area contributed by atoms with Crippen LogP contribution in [0.1, 0.15) is 12.0 Å². The van der Waals surface area contributed by atoms with Crippen LogP contribution in [0.3, 0.4) is 0 Å². The molecular formula is C14H18N2O5S. The Morgan fingerprint density at radius 3 is 2.86 bits per heavy atom. The van der Waals surface area contributed by atoms with Gasteiger partial charge in [-0.3, -0.25) is 0 Å². The van der Waals surface area contributed by atoms with Crippen LogP contribution in [0.5, 0.6) is 11.5 Å². The molecule has 0 radical (unpaired) electrons. The van der Waals surface area contributed by atoms with Crippen LogP contribution in [-0.4, -0.2) is 45.3 Å². The van der Waals surface area contributed by atoms with Crippen molar-refractivity contribution in [2.75, 3.05) is 24.8 Å². The van der Waals surface area contributed by atoms with Crippen molar-refractivity contribution in [3.05, 3.63) is 23.8 Å². The number of benzene rings is 1. The first-order chi connectivity index (χ1) is 10.5. The lowest BCUT2D eigenvalue weighted by Crippen LogP contribution is -2.43. The molecule has 2 aliphatic rings. The first-order valence-corrected chi connectivity index (χ1v) is 8.97. The number of hydrogen-bond donors (Lipinski definition) is 2. The van der Waals surface area contributed by atoms with E-state index < -0.39 is 9.84 Å². The Bertz CT molecular complexity index is 674. The standard InChI is InChI=1S/C14H18N2O5S/c17-14(16-11-4-6-22(18,19)8-11)15-5-3-10-1-2-12-13(7-10)21-9-20-12/h1-2,7,11H,3-6,8-9H2,(H2,15,16,17)/t11-/m1/s1. The summed E-state index contributed by atoms with van der Waals surface area (Å²) in [5.74, 6) is 1.63. The molecule has 22 heavy (non-hydrogen) atoms. The minimum Gasteiger partial charge on any atom is -0.454 e. The van der Waals surface area contributed by atoms with Gasteiger partial charge in [-0.1, -0.05) is 6.07 Å². The van der Waals surface area contributed by atoms with E-state index in [9.17, 15) is 13.2 Å². The minimum atomic E-state index is -2.98. The quantitative estimate of drug-likeness (QED) is 0.837. The van der Waals surface area contributed by atoms with Gasteiger partial charge in [0.2, 0.25) is 6.79 Å². The van der Waals surface area contributed by atoms with E-state index in [2.05, 4.69) is 10.6 Å². The summed E-state index contributed by atoms with van der Waals surface area (Å²) in [6.45, 7) is 0.703.